The van der Waals surface area contributed by atoms with Crippen LogP contribution >= 0.6 is 23.4 Å². The maximum Gasteiger partial charge on any atom is 0.196 e. The fourth-order valence-electron chi connectivity index (χ4n) is 5.34. The second kappa shape index (κ2) is 9.04. The summed E-state index contributed by atoms with van der Waals surface area (Å²) in [7, 11) is 0. The molecule has 1 aromatic carbocycles. The average molecular weight is 508 g/mol. The lowest BCUT2D eigenvalue weighted by atomic mass is 9.99. The third-order valence-corrected chi connectivity index (χ3v) is 8.97. The van der Waals surface area contributed by atoms with Crippen LogP contribution in [0.3, 0.4) is 0 Å². The molecule has 0 amide bonds. The highest BCUT2D eigenvalue weighted by molar-refractivity contribution is 7.99. The first-order valence-corrected chi connectivity index (χ1v) is 13.6. The molecule has 4 aliphatic rings. The molecule has 1 aliphatic carbocycles. The Morgan fingerprint density at radius 3 is 2.80 bits per heavy atom. The first kappa shape index (κ1) is 23.2. The predicted molar refractivity (Wildman–Crippen MR) is 143 cm³/mol. The normalized spacial score (nSPS) is 28.3. The van der Waals surface area contributed by atoms with E-state index in [1.54, 1.807) is 11.8 Å². The van der Waals surface area contributed by atoms with Crippen LogP contribution in [0.2, 0.25) is 0 Å². The summed E-state index contributed by atoms with van der Waals surface area (Å²) in [5.74, 6) is 2.77. The van der Waals surface area contributed by atoms with Gasteiger partial charge in [-0.25, -0.2) is 15.0 Å². The van der Waals surface area contributed by atoms with Crippen molar-refractivity contribution in [2.75, 3.05) is 31.2 Å². The van der Waals surface area contributed by atoms with Gasteiger partial charge in [-0.05, 0) is 83.8 Å². The van der Waals surface area contributed by atoms with Crippen molar-refractivity contribution in [2.24, 2.45) is 22.6 Å². The molecule has 2 N–H and O–H groups in total. The van der Waals surface area contributed by atoms with E-state index in [1.165, 1.54) is 22.3 Å². The minimum absolute atomic E-state index is 0.261. The predicted octanol–water partition coefficient (Wildman–Crippen LogP) is 5.47. The lowest BCUT2D eigenvalue weighted by molar-refractivity contribution is 0.147. The van der Waals surface area contributed by atoms with Crippen molar-refractivity contribution in [3.63, 3.8) is 0 Å². The molecule has 8 heteroatoms. The molecule has 0 bridgehead atoms. The first-order valence-electron chi connectivity index (χ1n) is 12.3. The summed E-state index contributed by atoms with van der Waals surface area (Å²) in [5.41, 5.74) is 12.8. The molecule has 2 aromatic rings. The van der Waals surface area contributed by atoms with E-state index >= 15 is 0 Å². The smallest absolute Gasteiger partial charge is 0.196 e. The van der Waals surface area contributed by atoms with Gasteiger partial charge in [-0.3, -0.25) is 0 Å². The van der Waals surface area contributed by atoms with E-state index in [0.29, 0.717) is 35.5 Å². The highest BCUT2D eigenvalue weighted by atomic mass is 35.5. The Bertz CT molecular complexity index is 1260. The fourth-order valence-corrected chi connectivity index (χ4v) is 6.58. The van der Waals surface area contributed by atoms with Crippen LogP contribution in [0.4, 0.5) is 11.6 Å². The topological polar surface area (TPSA) is 76.6 Å². The molecule has 1 saturated carbocycles. The van der Waals surface area contributed by atoms with E-state index in [1.807, 2.05) is 0 Å². The first-order chi connectivity index (χ1) is 16.9. The maximum atomic E-state index is 6.82. The Morgan fingerprint density at radius 2 is 2.09 bits per heavy atom. The molecule has 3 atom stereocenters. The second-order valence-corrected chi connectivity index (χ2v) is 11.4. The lowest BCUT2D eigenvalue weighted by Gasteiger charge is -2.24. The number of piperidine rings is 1. The van der Waals surface area contributed by atoms with Gasteiger partial charge in [0.05, 0.1) is 18.8 Å². The number of anilines is 1. The number of nitrogens with zero attached hydrogens (tertiary/aromatic N) is 4. The highest BCUT2D eigenvalue weighted by Crippen LogP contribution is 2.50. The van der Waals surface area contributed by atoms with Crippen LogP contribution in [0, 0.1) is 18.8 Å². The second-order valence-electron chi connectivity index (χ2n) is 9.89. The Kier molecular flexibility index (Phi) is 6.00. The van der Waals surface area contributed by atoms with Gasteiger partial charge in [-0.15, -0.1) is 11.6 Å². The van der Waals surface area contributed by atoms with Gasteiger partial charge in [-0.2, -0.15) is 0 Å². The zero-order valence-electron chi connectivity index (χ0n) is 20.1. The van der Waals surface area contributed by atoms with Crippen LogP contribution in [-0.2, 0) is 4.74 Å². The van der Waals surface area contributed by atoms with E-state index < -0.39 is 0 Å². The van der Waals surface area contributed by atoms with Crippen LogP contribution < -0.4 is 10.6 Å². The summed E-state index contributed by atoms with van der Waals surface area (Å²) in [6, 6.07) is 6.80. The number of rotatable bonds is 5. The quantitative estimate of drug-likeness (QED) is 0.427. The number of aliphatic imine (C=N–C) groups is 1. The van der Waals surface area contributed by atoms with Gasteiger partial charge in [0.2, 0.25) is 0 Å². The number of fused-ring (bicyclic) bond motifs is 2. The standard InChI is InChI=1S/C27H30ClN5OS/c1-4-21-23(28)22-25(30-21)31-27(32-26(22)33-11-19-20(12-33)24(19)29)35-18-6-5-16(15(3)9-18)10-17-13-34-8-7-14(17)2/h5-6,9-10,19-20,23-24H,2,4,7-8,11-13,29H2,1,3H3/b17-10-. The molecule has 1 aromatic heterocycles. The van der Waals surface area contributed by atoms with E-state index in [4.69, 9.17) is 37.0 Å². The van der Waals surface area contributed by atoms with Gasteiger partial charge >= 0.3 is 0 Å². The Hall–Kier alpha value is -2.19. The van der Waals surface area contributed by atoms with Crippen molar-refractivity contribution in [3.8, 4) is 0 Å². The minimum atomic E-state index is -0.261. The number of aromatic nitrogens is 2. The van der Waals surface area contributed by atoms with Crippen molar-refractivity contribution in [1.82, 2.24) is 9.97 Å². The van der Waals surface area contributed by atoms with Crippen molar-refractivity contribution < 1.29 is 4.74 Å². The lowest BCUT2D eigenvalue weighted by Crippen LogP contribution is -2.30. The van der Waals surface area contributed by atoms with Crippen molar-refractivity contribution in [3.05, 3.63) is 52.6 Å². The van der Waals surface area contributed by atoms with Gasteiger partial charge < -0.3 is 15.4 Å². The molecule has 3 aliphatic heterocycles. The SMILES string of the molecule is C=C1CCOC/C1=C/c1ccc(Sc2nc3c(c(N4CC5C(N)C5C4)n2)C(Cl)C(CC)=N3)cc1C. The molecule has 3 unspecified atom stereocenters. The molecule has 6 nitrogen and oxygen atoms in total. The van der Waals surface area contributed by atoms with Crippen LogP contribution in [0.25, 0.3) is 6.08 Å². The van der Waals surface area contributed by atoms with Gasteiger partial charge in [-0.1, -0.05) is 19.6 Å². The fraction of sp³-hybridized carbons (Fsp3) is 0.444. The average Bonchev–Trinajstić information content (AvgIpc) is 3.16. The molecular formula is C27H30ClN5OS. The maximum absolute atomic E-state index is 6.82. The Balaban J connectivity index is 1.29. The molecule has 4 heterocycles. The van der Waals surface area contributed by atoms with E-state index in [9.17, 15) is 0 Å². The summed E-state index contributed by atoms with van der Waals surface area (Å²) >= 11 is 8.39. The number of ether oxygens (including phenoxy) is 1. The third kappa shape index (κ3) is 4.22. The number of benzene rings is 1. The zero-order valence-corrected chi connectivity index (χ0v) is 21.7. The minimum Gasteiger partial charge on any atom is -0.376 e. The molecule has 0 spiro atoms. The van der Waals surface area contributed by atoms with Gasteiger partial charge in [0.25, 0.3) is 0 Å². The van der Waals surface area contributed by atoms with E-state index in [-0.39, 0.29) is 5.38 Å². The number of alkyl halides is 1. The van der Waals surface area contributed by atoms with Crippen molar-refractivity contribution in [2.45, 2.75) is 48.2 Å². The van der Waals surface area contributed by atoms with Gasteiger partial charge in [0.15, 0.2) is 11.0 Å². The number of aryl methyl sites for hydroxylation is 1. The zero-order chi connectivity index (χ0) is 24.3. The summed E-state index contributed by atoms with van der Waals surface area (Å²) in [6.07, 6.45) is 3.89. The number of halogens is 1. The molecule has 182 valence electrons. The summed E-state index contributed by atoms with van der Waals surface area (Å²) in [6.45, 7) is 11.7. The van der Waals surface area contributed by atoms with Crippen LogP contribution in [0.5, 0.6) is 0 Å². The Labute approximate surface area is 215 Å². The Morgan fingerprint density at radius 1 is 1.29 bits per heavy atom. The molecule has 35 heavy (non-hydrogen) atoms. The van der Waals surface area contributed by atoms with Crippen molar-refractivity contribution >= 4 is 46.8 Å². The monoisotopic (exact) mass is 507 g/mol. The van der Waals surface area contributed by atoms with Crippen LogP contribution in [0.1, 0.15) is 41.8 Å². The summed E-state index contributed by atoms with van der Waals surface area (Å²) < 4.78 is 5.61. The third-order valence-electron chi connectivity index (χ3n) is 7.64. The van der Waals surface area contributed by atoms with Gasteiger partial charge in [0.1, 0.15) is 11.2 Å². The highest BCUT2D eigenvalue weighted by Gasteiger charge is 2.54. The number of nitrogens with two attached hydrogens (primary N) is 1. The molecule has 2 saturated heterocycles. The molecule has 3 fully saturated rings. The molecular weight excluding hydrogens is 478 g/mol. The van der Waals surface area contributed by atoms with Crippen LogP contribution in [-0.4, -0.2) is 48.0 Å². The van der Waals surface area contributed by atoms with Crippen molar-refractivity contribution in [1.29, 1.82) is 0 Å². The van der Waals surface area contributed by atoms with Crippen LogP contribution in [0.15, 0.2) is 51.0 Å². The summed E-state index contributed by atoms with van der Waals surface area (Å²) in [4.78, 5) is 18.0. The summed E-state index contributed by atoms with van der Waals surface area (Å²) in [5, 5.41) is 0.441. The van der Waals surface area contributed by atoms with E-state index in [2.05, 4.69) is 49.6 Å². The number of hydrogen-bond donors (Lipinski definition) is 1. The van der Waals surface area contributed by atoms with Gasteiger partial charge in [0, 0.05) is 29.7 Å². The molecule has 0 radical (unpaired) electrons. The number of hydrogen-bond acceptors (Lipinski definition) is 7. The largest absolute Gasteiger partial charge is 0.376 e. The molecule has 6 rings (SSSR count). The van der Waals surface area contributed by atoms with E-state index in [0.717, 1.165) is 54.5 Å².